The first kappa shape index (κ1) is 15.8. The molecule has 1 rings (SSSR count). The van der Waals surface area contributed by atoms with Crippen LogP contribution in [0.5, 0.6) is 5.75 Å². The lowest BCUT2D eigenvalue weighted by Crippen LogP contribution is -2.18. The molecule has 0 radical (unpaired) electrons. The van der Waals surface area contributed by atoms with Crippen LogP contribution in [0.4, 0.5) is 13.2 Å². The number of ether oxygens (including phenoxy) is 2. The summed E-state index contributed by atoms with van der Waals surface area (Å²) in [6.07, 6.45) is -5.53. The van der Waals surface area contributed by atoms with Crippen molar-refractivity contribution in [3.8, 4) is 5.75 Å². The molecule has 0 saturated heterocycles. The van der Waals surface area contributed by atoms with Gasteiger partial charge in [-0.1, -0.05) is 18.2 Å². The topological polar surface area (TPSA) is 44.5 Å². The Bertz CT molecular complexity index is 382. The van der Waals surface area contributed by atoms with Gasteiger partial charge in [0.05, 0.1) is 13.2 Å². The van der Waals surface area contributed by atoms with Gasteiger partial charge >= 0.3 is 6.18 Å². The predicted octanol–water partition coefficient (Wildman–Crippen LogP) is 3.05. The van der Waals surface area contributed by atoms with Gasteiger partial charge in [-0.25, -0.2) is 0 Å². The van der Waals surface area contributed by atoms with Crippen molar-refractivity contribution in [2.75, 3.05) is 20.3 Å². The van der Waals surface area contributed by atoms with Crippen LogP contribution in [0, 0.1) is 0 Å². The van der Waals surface area contributed by atoms with Gasteiger partial charge in [0, 0.05) is 25.1 Å². The number of para-hydroxylation sites is 1. The summed E-state index contributed by atoms with van der Waals surface area (Å²) in [7, 11) is 1.52. The lowest BCUT2D eigenvalue weighted by Gasteiger charge is -2.19. The van der Waals surface area contributed by atoms with E-state index in [4.69, 9.17) is 15.2 Å². The number of methoxy groups -OCH3 is 1. The minimum atomic E-state index is -4.15. The second-order valence-electron chi connectivity index (χ2n) is 4.06. The van der Waals surface area contributed by atoms with Crippen molar-refractivity contribution in [2.24, 2.45) is 5.73 Å². The molecule has 1 aromatic carbocycles. The van der Waals surface area contributed by atoms with E-state index in [9.17, 15) is 13.2 Å². The average Bonchev–Trinajstić information content (AvgIpc) is 2.38. The maximum absolute atomic E-state index is 12.0. The van der Waals surface area contributed by atoms with Crippen molar-refractivity contribution in [3.05, 3.63) is 29.8 Å². The number of rotatable bonds is 7. The third kappa shape index (κ3) is 5.48. The first-order chi connectivity index (χ1) is 8.98. The maximum atomic E-state index is 12.0. The van der Waals surface area contributed by atoms with E-state index in [-0.39, 0.29) is 19.6 Å². The molecule has 0 aromatic heterocycles. The highest BCUT2D eigenvalue weighted by Crippen LogP contribution is 2.27. The van der Waals surface area contributed by atoms with E-state index in [0.717, 1.165) is 5.56 Å². The highest BCUT2D eigenvalue weighted by molar-refractivity contribution is 5.35. The van der Waals surface area contributed by atoms with Crippen molar-refractivity contribution >= 4 is 0 Å². The molecule has 2 N–H and O–H groups in total. The van der Waals surface area contributed by atoms with Crippen molar-refractivity contribution < 1.29 is 22.6 Å². The summed E-state index contributed by atoms with van der Waals surface area (Å²) in [5.74, 6) is 0.619. The third-order valence-electron chi connectivity index (χ3n) is 2.62. The summed E-state index contributed by atoms with van der Waals surface area (Å²) in [5.41, 5.74) is 6.34. The lowest BCUT2D eigenvalue weighted by molar-refractivity contribution is -0.138. The van der Waals surface area contributed by atoms with Crippen LogP contribution < -0.4 is 10.5 Å². The molecule has 0 amide bonds. The van der Waals surface area contributed by atoms with E-state index in [0.29, 0.717) is 5.75 Å². The number of benzene rings is 1. The van der Waals surface area contributed by atoms with Crippen LogP contribution in [-0.2, 0) is 4.74 Å². The molecule has 19 heavy (non-hydrogen) atoms. The van der Waals surface area contributed by atoms with Crippen LogP contribution in [0.1, 0.15) is 24.5 Å². The predicted molar refractivity (Wildman–Crippen MR) is 66.0 cm³/mol. The van der Waals surface area contributed by atoms with Gasteiger partial charge in [0.2, 0.25) is 0 Å². The molecule has 0 aliphatic carbocycles. The van der Waals surface area contributed by atoms with Crippen molar-refractivity contribution in [1.29, 1.82) is 0 Å². The monoisotopic (exact) mass is 277 g/mol. The molecule has 0 fully saturated rings. The molecular formula is C13H18F3NO2. The van der Waals surface area contributed by atoms with Gasteiger partial charge in [0.1, 0.15) is 5.75 Å². The number of halogens is 3. The normalized spacial score (nSPS) is 13.3. The molecular weight excluding hydrogens is 259 g/mol. The Morgan fingerprint density at radius 2 is 1.95 bits per heavy atom. The first-order valence-electron chi connectivity index (χ1n) is 5.99. The SMILES string of the molecule is COc1ccccc1C(CN)OCCCC(F)(F)F. The zero-order valence-corrected chi connectivity index (χ0v) is 10.7. The molecule has 1 aromatic rings. The molecule has 0 heterocycles. The first-order valence-corrected chi connectivity index (χ1v) is 5.99. The average molecular weight is 277 g/mol. The molecule has 0 bridgehead atoms. The van der Waals surface area contributed by atoms with E-state index in [1.807, 2.05) is 0 Å². The van der Waals surface area contributed by atoms with Crippen LogP contribution >= 0.6 is 0 Å². The molecule has 0 aliphatic rings. The summed E-state index contributed by atoms with van der Waals surface area (Å²) < 4.78 is 46.6. The van der Waals surface area contributed by atoms with Gasteiger partial charge in [-0.05, 0) is 12.5 Å². The van der Waals surface area contributed by atoms with Crippen LogP contribution in [0.3, 0.4) is 0 Å². The molecule has 6 heteroatoms. The summed E-state index contributed by atoms with van der Waals surface area (Å²) in [6.45, 7) is 0.200. The molecule has 0 spiro atoms. The Hall–Kier alpha value is -1.27. The van der Waals surface area contributed by atoms with E-state index in [1.54, 1.807) is 24.3 Å². The number of hydrogen-bond acceptors (Lipinski definition) is 3. The summed E-state index contributed by atoms with van der Waals surface area (Å²) in [4.78, 5) is 0. The van der Waals surface area contributed by atoms with Crippen LogP contribution in [0.2, 0.25) is 0 Å². The second-order valence-corrected chi connectivity index (χ2v) is 4.06. The smallest absolute Gasteiger partial charge is 0.389 e. The Balaban J connectivity index is 2.54. The lowest BCUT2D eigenvalue weighted by atomic mass is 10.1. The fourth-order valence-electron chi connectivity index (χ4n) is 1.72. The van der Waals surface area contributed by atoms with Crippen LogP contribution in [0.15, 0.2) is 24.3 Å². The third-order valence-corrected chi connectivity index (χ3v) is 2.62. The highest BCUT2D eigenvalue weighted by Gasteiger charge is 2.26. The van der Waals surface area contributed by atoms with Gasteiger partial charge in [-0.2, -0.15) is 13.2 Å². The number of alkyl halides is 3. The van der Waals surface area contributed by atoms with Crippen molar-refractivity contribution in [2.45, 2.75) is 25.1 Å². The molecule has 0 saturated carbocycles. The van der Waals surface area contributed by atoms with Crippen LogP contribution in [-0.4, -0.2) is 26.4 Å². The fraction of sp³-hybridized carbons (Fsp3) is 0.538. The largest absolute Gasteiger partial charge is 0.496 e. The zero-order valence-electron chi connectivity index (χ0n) is 10.7. The Morgan fingerprint density at radius 1 is 1.26 bits per heavy atom. The quantitative estimate of drug-likeness (QED) is 0.779. The Labute approximate surface area is 110 Å². The minimum Gasteiger partial charge on any atom is -0.496 e. The zero-order chi connectivity index (χ0) is 14.3. The molecule has 108 valence electrons. The van der Waals surface area contributed by atoms with Gasteiger partial charge in [-0.3, -0.25) is 0 Å². The van der Waals surface area contributed by atoms with Gasteiger partial charge in [-0.15, -0.1) is 0 Å². The van der Waals surface area contributed by atoms with Crippen LogP contribution in [0.25, 0.3) is 0 Å². The number of nitrogens with two attached hydrogens (primary N) is 1. The van der Waals surface area contributed by atoms with Gasteiger partial charge in [0.15, 0.2) is 0 Å². The summed E-state index contributed by atoms with van der Waals surface area (Å²) >= 11 is 0. The van der Waals surface area contributed by atoms with E-state index < -0.39 is 18.7 Å². The fourth-order valence-corrected chi connectivity index (χ4v) is 1.72. The second kappa shape index (κ2) is 7.35. The van der Waals surface area contributed by atoms with Crippen molar-refractivity contribution in [1.82, 2.24) is 0 Å². The molecule has 0 aliphatic heterocycles. The summed E-state index contributed by atoms with van der Waals surface area (Å²) in [5, 5.41) is 0. The highest BCUT2D eigenvalue weighted by atomic mass is 19.4. The van der Waals surface area contributed by atoms with E-state index in [2.05, 4.69) is 0 Å². The maximum Gasteiger partial charge on any atom is 0.389 e. The van der Waals surface area contributed by atoms with Gasteiger partial charge in [0.25, 0.3) is 0 Å². The molecule has 1 unspecified atom stereocenters. The molecule has 1 atom stereocenters. The standard InChI is InChI=1S/C13H18F3NO2/c1-18-11-6-3-2-5-10(11)12(9-17)19-8-4-7-13(14,15)16/h2-3,5-6,12H,4,7-9,17H2,1H3. The summed E-state index contributed by atoms with van der Waals surface area (Å²) in [6, 6.07) is 7.16. The van der Waals surface area contributed by atoms with E-state index >= 15 is 0 Å². The van der Waals surface area contributed by atoms with E-state index in [1.165, 1.54) is 7.11 Å². The minimum absolute atomic E-state index is 0.0133. The number of hydrogen-bond donors (Lipinski definition) is 1. The van der Waals surface area contributed by atoms with Crippen molar-refractivity contribution in [3.63, 3.8) is 0 Å². The van der Waals surface area contributed by atoms with Gasteiger partial charge < -0.3 is 15.2 Å². The Kier molecular flexibility index (Phi) is 6.11. The Morgan fingerprint density at radius 3 is 2.53 bits per heavy atom. The molecule has 3 nitrogen and oxygen atoms in total.